The number of nitrogens with one attached hydrogen (secondary N) is 1. The second-order valence-corrected chi connectivity index (χ2v) is 7.35. The lowest BCUT2D eigenvalue weighted by molar-refractivity contribution is 0.241. The molecule has 0 radical (unpaired) electrons. The van der Waals surface area contributed by atoms with Gasteiger partial charge in [-0.05, 0) is 30.4 Å². The molecular formula is C16H27NO4S. The van der Waals surface area contributed by atoms with E-state index in [1.165, 1.54) is 4.89 Å². The fourth-order valence-electron chi connectivity index (χ4n) is 2.63. The molecule has 0 spiro atoms. The lowest BCUT2D eigenvalue weighted by Gasteiger charge is -2.18. The molecule has 0 aromatic heterocycles. The van der Waals surface area contributed by atoms with Crippen molar-refractivity contribution >= 4 is 10.0 Å². The highest BCUT2D eigenvalue weighted by Gasteiger charge is 2.20. The maximum absolute atomic E-state index is 11.7. The third kappa shape index (κ3) is 6.77. The van der Waals surface area contributed by atoms with E-state index in [0.29, 0.717) is 6.42 Å². The maximum atomic E-state index is 11.7. The summed E-state index contributed by atoms with van der Waals surface area (Å²) < 4.78 is 28.6. The van der Waals surface area contributed by atoms with E-state index in [-0.39, 0.29) is 11.7 Å². The summed E-state index contributed by atoms with van der Waals surface area (Å²) in [5.74, 6) is 0.654. The van der Waals surface area contributed by atoms with Crippen LogP contribution in [0.25, 0.3) is 0 Å². The zero-order chi connectivity index (χ0) is 16.4. The molecule has 0 aliphatic carbocycles. The predicted octanol–water partition coefficient (Wildman–Crippen LogP) is 3.13. The van der Waals surface area contributed by atoms with Crippen LogP contribution in [-0.4, -0.2) is 26.5 Å². The summed E-state index contributed by atoms with van der Waals surface area (Å²) in [6, 6.07) is 7.65. The largest absolute Gasteiger partial charge is 0.496 e. The Morgan fingerprint density at radius 1 is 1.23 bits per heavy atom. The standard InChI is InChI=1S/C16H27NO4S/c1-3-4-5-6-9-14(13-22(19,20)17-18)12-15-10-7-8-11-16(15)21-2/h7-8,10-11,14,17-18H,3-6,9,12-13H2,1-2H3. The van der Waals surface area contributed by atoms with Crippen LogP contribution in [0, 0.1) is 5.92 Å². The van der Waals surface area contributed by atoms with Crippen LogP contribution >= 0.6 is 0 Å². The molecule has 1 aromatic carbocycles. The number of benzene rings is 1. The van der Waals surface area contributed by atoms with Gasteiger partial charge in [0.1, 0.15) is 5.75 Å². The summed E-state index contributed by atoms with van der Waals surface area (Å²) in [4.78, 5) is 1.43. The Labute approximate surface area is 133 Å². The average Bonchev–Trinajstić information content (AvgIpc) is 2.51. The lowest BCUT2D eigenvalue weighted by atomic mass is 9.94. The first-order valence-electron chi connectivity index (χ1n) is 7.77. The summed E-state index contributed by atoms with van der Waals surface area (Å²) in [5, 5.41) is 8.76. The quantitative estimate of drug-likeness (QED) is 0.483. The van der Waals surface area contributed by atoms with E-state index in [4.69, 9.17) is 9.94 Å². The molecule has 0 bridgehead atoms. The lowest BCUT2D eigenvalue weighted by Crippen LogP contribution is -2.28. The molecule has 1 unspecified atom stereocenters. The minimum Gasteiger partial charge on any atom is -0.496 e. The number of methoxy groups -OCH3 is 1. The fraction of sp³-hybridized carbons (Fsp3) is 0.625. The zero-order valence-corrected chi connectivity index (χ0v) is 14.2. The first-order valence-corrected chi connectivity index (χ1v) is 9.43. The first kappa shape index (κ1) is 18.9. The molecule has 126 valence electrons. The van der Waals surface area contributed by atoms with Crippen LogP contribution in [0.4, 0.5) is 0 Å². The second-order valence-electron chi connectivity index (χ2n) is 5.60. The molecule has 0 heterocycles. The van der Waals surface area contributed by atoms with Crippen LogP contribution in [0.2, 0.25) is 0 Å². The molecular weight excluding hydrogens is 302 g/mol. The van der Waals surface area contributed by atoms with Gasteiger partial charge in [-0.1, -0.05) is 55.7 Å². The molecule has 5 nitrogen and oxygen atoms in total. The number of ether oxygens (including phenoxy) is 1. The van der Waals surface area contributed by atoms with Crippen LogP contribution in [0.1, 0.15) is 44.6 Å². The van der Waals surface area contributed by atoms with Crippen molar-refractivity contribution in [2.75, 3.05) is 12.9 Å². The van der Waals surface area contributed by atoms with Crippen molar-refractivity contribution in [2.45, 2.75) is 45.4 Å². The Morgan fingerprint density at radius 3 is 2.59 bits per heavy atom. The van der Waals surface area contributed by atoms with Gasteiger partial charge in [0, 0.05) is 0 Å². The predicted molar refractivity (Wildman–Crippen MR) is 87.7 cm³/mol. The maximum Gasteiger partial charge on any atom is 0.233 e. The van der Waals surface area contributed by atoms with Crippen LogP contribution in [0.3, 0.4) is 0 Å². The fourth-order valence-corrected chi connectivity index (χ4v) is 3.61. The third-order valence-electron chi connectivity index (χ3n) is 3.76. The topological polar surface area (TPSA) is 75.6 Å². The monoisotopic (exact) mass is 329 g/mol. The van der Waals surface area contributed by atoms with Gasteiger partial charge in [0.05, 0.1) is 12.9 Å². The summed E-state index contributed by atoms with van der Waals surface area (Å²) in [6.07, 6.45) is 5.84. The SMILES string of the molecule is CCCCCCC(Cc1ccccc1OC)CS(=O)(=O)NO. The highest BCUT2D eigenvalue weighted by Crippen LogP contribution is 2.24. The van der Waals surface area contributed by atoms with E-state index in [1.807, 2.05) is 24.3 Å². The smallest absolute Gasteiger partial charge is 0.233 e. The minimum atomic E-state index is -3.64. The van der Waals surface area contributed by atoms with Crippen molar-refractivity contribution in [3.8, 4) is 5.75 Å². The van der Waals surface area contributed by atoms with Crippen LogP contribution in [0.5, 0.6) is 5.75 Å². The van der Waals surface area contributed by atoms with Gasteiger partial charge < -0.3 is 9.94 Å². The average molecular weight is 329 g/mol. The van der Waals surface area contributed by atoms with Crippen molar-refractivity contribution in [1.82, 2.24) is 4.89 Å². The number of hydrogen-bond acceptors (Lipinski definition) is 4. The van der Waals surface area contributed by atoms with Gasteiger partial charge >= 0.3 is 0 Å². The van der Waals surface area contributed by atoms with E-state index in [2.05, 4.69) is 6.92 Å². The van der Waals surface area contributed by atoms with Gasteiger partial charge in [0.25, 0.3) is 0 Å². The number of hydrogen-bond donors (Lipinski definition) is 2. The summed E-state index contributed by atoms with van der Waals surface area (Å²) in [5.41, 5.74) is 0.999. The molecule has 1 atom stereocenters. The van der Waals surface area contributed by atoms with E-state index in [9.17, 15) is 8.42 Å². The van der Waals surface area contributed by atoms with Gasteiger partial charge in [-0.2, -0.15) is 0 Å². The summed E-state index contributed by atoms with van der Waals surface area (Å²) >= 11 is 0. The number of unbranched alkanes of at least 4 members (excludes halogenated alkanes) is 3. The van der Waals surface area contributed by atoms with Crippen molar-refractivity contribution < 1.29 is 18.4 Å². The van der Waals surface area contributed by atoms with Crippen molar-refractivity contribution in [3.63, 3.8) is 0 Å². The minimum absolute atomic E-state index is 0.0437. The van der Waals surface area contributed by atoms with E-state index >= 15 is 0 Å². The van der Waals surface area contributed by atoms with Gasteiger partial charge in [0.2, 0.25) is 10.0 Å². The van der Waals surface area contributed by atoms with E-state index in [0.717, 1.165) is 43.4 Å². The Balaban J connectivity index is 2.75. The molecule has 2 N–H and O–H groups in total. The molecule has 0 amide bonds. The molecule has 0 aliphatic heterocycles. The molecule has 0 saturated carbocycles. The molecule has 22 heavy (non-hydrogen) atoms. The van der Waals surface area contributed by atoms with Crippen molar-refractivity contribution in [3.05, 3.63) is 29.8 Å². The Bertz CT molecular complexity index is 531. The normalized spacial score (nSPS) is 13.0. The van der Waals surface area contributed by atoms with E-state index < -0.39 is 10.0 Å². The van der Waals surface area contributed by atoms with Crippen molar-refractivity contribution in [2.24, 2.45) is 5.92 Å². The Kier molecular flexibility index (Phi) is 8.45. The molecule has 0 aliphatic rings. The molecule has 1 rings (SSSR count). The molecule has 0 saturated heterocycles. The highest BCUT2D eigenvalue weighted by atomic mass is 32.2. The Morgan fingerprint density at radius 2 is 1.95 bits per heavy atom. The van der Waals surface area contributed by atoms with Crippen LogP contribution in [-0.2, 0) is 16.4 Å². The van der Waals surface area contributed by atoms with Gasteiger partial charge in [-0.25, -0.2) is 8.42 Å². The number of sulfonamides is 1. The summed E-state index contributed by atoms with van der Waals surface area (Å²) in [6.45, 7) is 2.15. The van der Waals surface area contributed by atoms with E-state index in [1.54, 1.807) is 7.11 Å². The number of para-hydroxylation sites is 1. The van der Waals surface area contributed by atoms with Crippen LogP contribution in [0.15, 0.2) is 24.3 Å². The number of rotatable bonds is 11. The second kappa shape index (κ2) is 9.82. The molecule has 6 heteroatoms. The van der Waals surface area contributed by atoms with Crippen molar-refractivity contribution in [1.29, 1.82) is 0 Å². The summed E-state index contributed by atoms with van der Waals surface area (Å²) in [7, 11) is -2.02. The van der Waals surface area contributed by atoms with Gasteiger partial charge in [0.15, 0.2) is 0 Å². The third-order valence-corrected chi connectivity index (χ3v) is 4.95. The first-order chi connectivity index (χ1) is 10.5. The van der Waals surface area contributed by atoms with Gasteiger partial charge in [-0.3, -0.25) is 0 Å². The Hall–Kier alpha value is -1.11. The zero-order valence-electron chi connectivity index (χ0n) is 13.4. The van der Waals surface area contributed by atoms with Gasteiger partial charge in [-0.15, -0.1) is 0 Å². The highest BCUT2D eigenvalue weighted by molar-refractivity contribution is 7.89. The molecule has 0 fully saturated rings. The van der Waals surface area contributed by atoms with Crippen LogP contribution < -0.4 is 9.62 Å². The molecule has 1 aromatic rings.